The standard InChI is InChI=1S/C22H26N2O4/c1-4-17-8-6-7-9-18(17)24-22(26)15-23-21(25)13-11-16-10-12-19(27-3)20(14-16)28-5-2/h6-14H,4-5,15H2,1-3H3,(H,23,25)(H,24,26)/b13-11+. The van der Waals surface area contributed by atoms with Gasteiger partial charge in [-0.3, -0.25) is 9.59 Å². The SMILES string of the molecule is CCOc1cc(/C=C/C(=O)NCC(=O)Nc2ccccc2CC)ccc1OC. The molecule has 0 heterocycles. The fraction of sp³-hybridized carbons (Fsp3) is 0.273. The molecule has 148 valence electrons. The molecule has 2 aromatic rings. The normalized spacial score (nSPS) is 10.5. The van der Waals surface area contributed by atoms with E-state index in [1.54, 1.807) is 25.3 Å². The Morgan fingerprint density at radius 2 is 1.86 bits per heavy atom. The molecule has 0 fully saturated rings. The van der Waals surface area contributed by atoms with Gasteiger partial charge in [0, 0.05) is 11.8 Å². The van der Waals surface area contributed by atoms with E-state index < -0.39 is 0 Å². The maximum atomic E-state index is 12.1. The number of carbonyl (C=O) groups is 2. The first-order valence-corrected chi connectivity index (χ1v) is 9.21. The Balaban J connectivity index is 1.89. The monoisotopic (exact) mass is 382 g/mol. The van der Waals surface area contributed by atoms with E-state index >= 15 is 0 Å². The second-order valence-corrected chi connectivity index (χ2v) is 5.95. The molecule has 6 nitrogen and oxygen atoms in total. The topological polar surface area (TPSA) is 76.7 Å². The number of methoxy groups -OCH3 is 1. The molecule has 0 spiro atoms. The van der Waals surface area contributed by atoms with Crippen LogP contribution in [0.5, 0.6) is 11.5 Å². The number of nitrogens with one attached hydrogen (secondary N) is 2. The number of aryl methyl sites for hydroxylation is 1. The molecule has 0 saturated carbocycles. The van der Waals surface area contributed by atoms with Gasteiger partial charge in [0.1, 0.15) is 0 Å². The third kappa shape index (κ3) is 6.16. The number of hydrogen-bond acceptors (Lipinski definition) is 4. The van der Waals surface area contributed by atoms with Crippen molar-refractivity contribution < 1.29 is 19.1 Å². The number of anilines is 1. The summed E-state index contributed by atoms with van der Waals surface area (Å²) in [6, 6.07) is 13.0. The molecule has 0 aromatic heterocycles. The first-order valence-electron chi connectivity index (χ1n) is 9.21. The van der Waals surface area contributed by atoms with E-state index in [0.717, 1.165) is 23.2 Å². The molecule has 28 heavy (non-hydrogen) atoms. The molecule has 0 saturated heterocycles. The molecule has 2 N–H and O–H groups in total. The van der Waals surface area contributed by atoms with Crippen molar-refractivity contribution >= 4 is 23.6 Å². The summed E-state index contributed by atoms with van der Waals surface area (Å²) in [4.78, 5) is 24.1. The zero-order valence-corrected chi connectivity index (χ0v) is 16.5. The summed E-state index contributed by atoms with van der Waals surface area (Å²) < 4.78 is 10.8. The number of carbonyl (C=O) groups excluding carboxylic acids is 2. The lowest BCUT2D eigenvalue weighted by Crippen LogP contribution is -2.31. The Morgan fingerprint density at radius 3 is 2.57 bits per heavy atom. The summed E-state index contributed by atoms with van der Waals surface area (Å²) in [6.07, 6.45) is 3.85. The van der Waals surface area contributed by atoms with E-state index in [1.807, 2.05) is 44.2 Å². The Morgan fingerprint density at radius 1 is 1.07 bits per heavy atom. The highest BCUT2D eigenvalue weighted by molar-refractivity contribution is 5.98. The number of hydrogen-bond donors (Lipinski definition) is 2. The molecule has 0 aliphatic rings. The fourth-order valence-corrected chi connectivity index (χ4v) is 2.61. The van der Waals surface area contributed by atoms with Gasteiger partial charge in [-0.25, -0.2) is 0 Å². The quantitative estimate of drug-likeness (QED) is 0.652. The Hall–Kier alpha value is -3.28. The number of amides is 2. The highest BCUT2D eigenvalue weighted by Crippen LogP contribution is 2.28. The smallest absolute Gasteiger partial charge is 0.244 e. The van der Waals surface area contributed by atoms with E-state index in [1.165, 1.54) is 6.08 Å². The van der Waals surface area contributed by atoms with Gasteiger partial charge in [-0.15, -0.1) is 0 Å². The van der Waals surface area contributed by atoms with Crippen LogP contribution < -0.4 is 20.1 Å². The zero-order chi connectivity index (χ0) is 20.4. The van der Waals surface area contributed by atoms with Gasteiger partial charge in [0.2, 0.25) is 11.8 Å². The molecule has 0 atom stereocenters. The van der Waals surface area contributed by atoms with Crippen LogP contribution in [0.1, 0.15) is 25.0 Å². The highest BCUT2D eigenvalue weighted by atomic mass is 16.5. The summed E-state index contributed by atoms with van der Waals surface area (Å²) >= 11 is 0. The molecular formula is C22H26N2O4. The largest absolute Gasteiger partial charge is 0.493 e. The van der Waals surface area contributed by atoms with Crippen LogP contribution in [-0.2, 0) is 16.0 Å². The molecule has 0 aliphatic heterocycles. The van der Waals surface area contributed by atoms with Crippen LogP contribution in [0.15, 0.2) is 48.5 Å². The zero-order valence-electron chi connectivity index (χ0n) is 16.5. The summed E-state index contributed by atoms with van der Waals surface area (Å²) in [7, 11) is 1.57. The minimum atomic E-state index is -0.354. The van der Waals surface area contributed by atoms with Gasteiger partial charge in [0.25, 0.3) is 0 Å². The maximum Gasteiger partial charge on any atom is 0.244 e. The van der Waals surface area contributed by atoms with Gasteiger partial charge in [0.15, 0.2) is 11.5 Å². The number of para-hydroxylation sites is 1. The van der Waals surface area contributed by atoms with Crippen LogP contribution in [0.4, 0.5) is 5.69 Å². The van der Waals surface area contributed by atoms with E-state index in [4.69, 9.17) is 9.47 Å². The second kappa shape index (κ2) is 10.8. The van der Waals surface area contributed by atoms with Crippen LogP contribution in [-0.4, -0.2) is 32.1 Å². The number of rotatable bonds is 9. The summed E-state index contributed by atoms with van der Waals surface area (Å²) in [6.45, 7) is 4.32. The van der Waals surface area contributed by atoms with Crippen molar-refractivity contribution in [2.45, 2.75) is 20.3 Å². The van der Waals surface area contributed by atoms with Crippen molar-refractivity contribution in [2.24, 2.45) is 0 Å². The van der Waals surface area contributed by atoms with Crippen molar-refractivity contribution in [3.05, 3.63) is 59.7 Å². The van der Waals surface area contributed by atoms with Crippen LogP contribution in [0.3, 0.4) is 0 Å². The van der Waals surface area contributed by atoms with Crippen molar-refractivity contribution in [2.75, 3.05) is 25.6 Å². The van der Waals surface area contributed by atoms with E-state index in [2.05, 4.69) is 10.6 Å². The average molecular weight is 382 g/mol. The van der Waals surface area contributed by atoms with E-state index in [-0.39, 0.29) is 18.4 Å². The Kier molecular flexibility index (Phi) is 8.09. The van der Waals surface area contributed by atoms with Gasteiger partial charge in [-0.1, -0.05) is 31.2 Å². The summed E-state index contributed by atoms with van der Waals surface area (Å²) in [5.74, 6) is 0.618. The van der Waals surface area contributed by atoms with Gasteiger partial charge < -0.3 is 20.1 Å². The molecule has 2 rings (SSSR count). The molecule has 0 bridgehead atoms. The predicted octanol–water partition coefficient (Wildman–Crippen LogP) is 3.42. The van der Waals surface area contributed by atoms with Crippen molar-refractivity contribution in [1.82, 2.24) is 5.32 Å². The lowest BCUT2D eigenvalue weighted by molar-refractivity contribution is -0.121. The van der Waals surface area contributed by atoms with Crippen molar-refractivity contribution in [1.29, 1.82) is 0 Å². The predicted molar refractivity (Wildman–Crippen MR) is 111 cm³/mol. The summed E-state index contributed by atoms with van der Waals surface area (Å²) in [5, 5.41) is 5.40. The third-order valence-electron chi connectivity index (χ3n) is 4.01. The molecule has 2 aromatic carbocycles. The highest BCUT2D eigenvalue weighted by Gasteiger charge is 2.07. The third-order valence-corrected chi connectivity index (χ3v) is 4.01. The Bertz CT molecular complexity index is 846. The second-order valence-electron chi connectivity index (χ2n) is 5.95. The van der Waals surface area contributed by atoms with Crippen LogP contribution >= 0.6 is 0 Å². The average Bonchev–Trinajstić information content (AvgIpc) is 2.71. The van der Waals surface area contributed by atoms with Crippen LogP contribution in [0.25, 0.3) is 6.08 Å². The first-order chi connectivity index (χ1) is 13.6. The Labute approximate surface area is 165 Å². The van der Waals surface area contributed by atoms with Crippen molar-refractivity contribution in [3.8, 4) is 11.5 Å². The van der Waals surface area contributed by atoms with E-state index in [9.17, 15) is 9.59 Å². The van der Waals surface area contributed by atoms with Gasteiger partial charge in [-0.2, -0.15) is 0 Å². The van der Waals surface area contributed by atoms with Crippen molar-refractivity contribution in [3.63, 3.8) is 0 Å². The van der Waals surface area contributed by atoms with Gasteiger partial charge in [0.05, 0.1) is 20.3 Å². The lowest BCUT2D eigenvalue weighted by atomic mass is 10.1. The molecule has 0 aliphatic carbocycles. The summed E-state index contributed by atoms with van der Waals surface area (Å²) in [5.41, 5.74) is 2.61. The van der Waals surface area contributed by atoms with E-state index in [0.29, 0.717) is 18.1 Å². The molecule has 6 heteroatoms. The fourth-order valence-electron chi connectivity index (χ4n) is 2.61. The van der Waals surface area contributed by atoms with Crippen LogP contribution in [0.2, 0.25) is 0 Å². The van der Waals surface area contributed by atoms with Crippen LogP contribution in [0, 0.1) is 0 Å². The molecular weight excluding hydrogens is 356 g/mol. The van der Waals surface area contributed by atoms with Gasteiger partial charge >= 0.3 is 0 Å². The maximum absolute atomic E-state index is 12.1. The molecule has 0 radical (unpaired) electrons. The van der Waals surface area contributed by atoms with Gasteiger partial charge in [-0.05, 0) is 48.7 Å². The molecule has 0 unspecified atom stereocenters. The number of ether oxygens (including phenoxy) is 2. The minimum absolute atomic E-state index is 0.103. The lowest BCUT2D eigenvalue weighted by Gasteiger charge is -2.10. The first kappa shape index (κ1) is 21.0. The minimum Gasteiger partial charge on any atom is -0.493 e. The number of benzene rings is 2. The molecule has 2 amide bonds.